The summed E-state index contributed by atoms with van der Waals surface area (Å²) in [5.41, 5.74) is 1.04. The van der Waals surface area contributed by atoms with E-state index >= 15 is 0 Å². The number of fused-ring (bicyclic) bond motifs is 2. The number of nitrogens with one attached hydrogen (secondary N) is 2. The van der Waals surface area contributed by atoms with Crippen molar-refractivity contribution in [3.8, 4) is 11.3 Å². The highest BCUT2D eigenvalue weighted by Crippen LogP contribution is 2.43. The van der Waals surface area contributed by atoms with Gasteiger partial charge in [-0.2, -0.15) is 0 Å². The molecular formula is C29H18N2O6. The largest absolute Gasteiger partial charge is 0.504 e. The highest BCUT2D eigenvalue weighted by molar-refractivity contribution is 6.48. The van der Waals surface area contributed by atoms with Crippen molar-refractivity contribution in [2.45, 2.75) is 0 Å². The van der Waals surface area contributed by atoms with E-state index in [9.17, 15) is 29.7 Å². The summed E-state index contributed by atoms with van der Waals surface area (Å²) in [5.74, 6) is -5.24. The van der Waals surface area contributed by atoms with Crippen LogP contribution in [0, 0.1) is 0 Å². The van der Waals surface area contributed by atoms with E-state index in [0.29, 0.717) is 33.1 Å². The van der Waals surface area contributed by atoms with Crippen LogP contribution in [-0.2, 0) is 9.59 Å². The van der Waals surface area contributed by atoms with Crippen LogP contribution in [0.4, 0.5) is 0 Å². The number of carbonyl (C=O) groups is 3. The van der Waals surface area contributed by atoms with Crippen LogP contribution in [0.3, 0.4) is 0 Å². The Morgan fingerprint density at radius 3 is 1.70 bits per heavy atom. The molecule has 2 heterocycles. The van der Waals surface area contributed by atoms with E-state index in [4.69, 9.17) is 0 Å². The minimum atomic E-state index is -1.39. The molecule has 0 saturated carbocycles. The number of aliphatic hydroxyl groups excluding tert-OH is 2. The molecule has 3 aromatic carbocycles. The van der Waals surface area contributed by atoms with Gasteiger partial charge in [-0.15, -0.1) is 0 Å². The summed E-state index contributed by atoms with van der Waals surface area (Å²) in [6.45, 7) is 0. The topological polar surface area (TPSA) is 143 Å². The van der Waals surface area contributed by atoms with Gasteiger partial charge in [0.2, 0.25) is 11.6 Å². The summed E-state index contributed by atoms with van der Waals surface area (Å²) >= 11 is 0. The second-order valence-electron chi connectivity index (χ2n) is 8.62. The molecule has 37 heavy (non-hydrogen) atoms. The van der Waals surface area contributed by atoms with Gasteiger partial charge in [0.25, 0.3) is 0 Å². The monoisotopic (exact) mass is 490 g/mol. The van der Waals surface area contributed by atoms with Gasteiger partial charge in [-0.05, 0) is 17.7 Å². The Hall–Kier alpha value is -5.37. The molecular weight excluding hydrogens is 472 g/mol. The quantitative estimate of drug-likeness (QED) is 0.213. The summed E-state index contributed by atoms with van der Waals surface area (Å²) < 4.78 is 0. The number of rotatable bonds is 4. The number of hydrogen-bond acceptors (Lipinski definition) is 5. The summed E-state index contributed by atoms with van der Waals surface area (Å²) in [6, 6.07) is 22.7. The molecule has 0 bridgehead atoms. The fourth-order valence-electron chi connectivity index (χ4n) is 4.93. The first-order chi connectivity index (χ1) is 17.9. The molecule has 2 aromatic heterocycles. The van der Waals surface area contributed by atoms with Crippen LogP contribution in [0.2, 0.25) is 0 Å². The van der Waals surface area contributed by atoms with Gasteiger partial charge in [-0.3, -0.25) is 9.59 Å². The van der Waals surface area contributed by atoms with E-state index in [1.54, 1.807) is 48.5 Å². The van der Waals surface area contributed by atoms with Gasteiger partial charge in [0.1, 0.15) is 5.69 Å². The second kappa shape index (κ2) is 8.10. The third-order valence-corrected chi connectivity index (χ3v) is 6.55. The number of hydrogen-bond donors (Lipinski definition) is 5. The fraction of sp³-hybridized carbons (Fsp3) is 0. The molecule has 0 unspecified atom stereocenters. The number of Topliss-reactive ketones (excluding diaryl/α,β-unsaturated/α-hetero) is 2. The highest BCUT2D eigenvalue weighted by atomic mass is 16.4. The Balaban J connectivity index is 1.62. The normalized spacial score (nSPS) is 14.3. The summed E-state index contributed by atoms with van der Waals surface area (Å²) in [4.78, 5) is 45.2. The predicted molar refractivity (Wildman–Crippen MR) is 138 cm³/mol. The number of benzene rings is 3. The Morgan fingerprint density at radius 1 is 0.622 bits per heavy atom. The number of carboxylic acid groups (broad SMARTS) is 1. The van der Waals surface area contributed by atoms with Gasteiger partial charge in [0.15, 0.2) is 11.5 Å². The smallest absolute Gasteiger partial charge is 0.352 e. The van der Waals surface area contributed by atoms with Crippen molar-refractivity contribution in [2.24, 2.45) is 0 Å². The molecule has 0 atom stereocenters. The van der Waals surface area contributed by atoms with Gasteiger partial charge < -0.3 is 25.3 Å². The number of aliphatic hydroxyl groups is 2. The second-order valence-corrected chi connectivity index (χ2v) is 8.62. The van der Waals surface area contributed by atoms with E-state index in [1.165, 1.54) is 0 Å². The molecule has 0 amide bonds. The zero-order valence-corrected chi connectivity index (χ0v) is 19.1. The van der Waals surface area contributed by atoms with Gasteiger partial charge in [0, 0.05) is 32.9 Å². The van der Waals surface area contributed by atoms with Gasteiger partial charge in [-0.25, -0.2) is 4.79 Å². The lowest BCUT2D eigenvalue weighted by atomic mass is 9.83. The van der Waals surface area contributed by atoms with Crippen LogP contribution >= 0.6 is 0 Å². The molecule has 0 fully saturated rings. The maximum Gasteiger partial charge on any atom is 0.352 e. The summed E-state index contributed by atoms with van der Waals surface area (Å²) in [7, 11) is 0. The first kappa shape index (κ1) is 22.1. The average Bonchev–Trinajstić information content (AvgIpc) is 3.48. The Labute approximate surface area is 208 Å². The lowest BCUT2D eigenvalue weighted by Gasteiger charge is -2.19. The molecule has 1 aliphatic carbocycles. The molecule has 180 valence electrons. The Morgan fingerprint density at radius 2 is 1.11 bits per heavy atom. The number of H-pyrrole nitrogens is 2. The van der Waals surface area contributed by atoms with E-state index < -0.39 is 34.6 Å². The zero-order valence-electron chi connectivity index (χ0n) is 19.1. The lowest BCUT2D eigenvalue weighted by Crippen LogP contribution is -2.23. The third kappa shape index (κ3) is 3.20. The number of aromatic nitrogens is 2. The number of allylic oxidation sites excluding steroid dienone is 2. The van der Waals surface area contributed by atoms with Crippen molar-refractivity contribution < 1.29 is 29.7 Å². The first-order valence-electron chi connectivity index (χ1n) is 11.3. The van der Waals surface area contributed by atoms with Crippen molar-refractivity contribution in [3.05, 3.63) is 107 Å². The van der Waals surface area contributed by atoms with Gasteiger partial charge in [0.05, 0.1) is 16.8 Å². The number of aromatic amines is 2. The first-order valence-corrected chi connectivity index (χ1v) is 11.3. The van der Waals surface area contributed by atoms with E-state index in [2.05, 4.69) is 9.97 Å². The number of ketones is 2. The van der Waals surface area contributed by atoms with Crippen molar-refractivity contribution in [3.63, 3.8) is 0 Å². The molecule has 1 aliphatic rings. The molecule has 0 saturated heterocycles. The number of carbonyl (C=O) groups excluding carboxylic acids is 2. The van der Waals surface area contributed by atoms with Crippen molar-refractivity contribution >= 4 is 50.5 Å². The van der Waals surface area contributed by atoms with Crippen molar-refractivity contribution in [1.29, 1.82) is 0 Å². The van der Waals surface area contributed by atoms with E-state index in [-0.39, 0.29) is 22.4 Å². The van der Waals surface area contributed by atoms with Crippen molar-refractivity contribution in [2.75, 3.05) is 0 Å². The molecule has 8 heteroatoms. The Bertz CT molecular complexity index is 1850. The third-order valence-electron chi connectivity index (χ3n) is 6.55. The SMILES string of the molecule is O=C1C(O)=C(c2c(-c3ccccc3)[nH]c3ccccc23)C(=O)C(O)=C1c1c(C(=O)O)[nH]c2ccccc12. The standard InChI is InChI=1S/C29H18N2O6/c32-25-21(19-15-10-4-6-12-17(15)30-23(19)14-8-2-1-3-9-14)26(33)28(35)22(27(25)34)20-16-11-5-7-13-18(16)31-24(20)29(36)37/h1-13,30-32,35H,(H,36,37). The van der Waals surface area contributed by atoms with Gasteiger partial charge in [-0.1, -0.05) is 66.7 Å². The maximum absolute atomic E-state index is 13.7. The van der Waals surface area contributed by atoms with E-state index in [0.717, 1.165) is 0 Å². The molecule has 0 radical (unpaired) electrons. The van der Waals surface area contributed by atoms with E-state index in [1.807, 2.05) is 30.3 Å². The molecule has 0 spiro atoms. The molecule has 5 N–H and O–H groups in total. The fourth-order valence-corrected chi connectivity index (χ4v) is 4.93. The van der Waals surface area contributed by atoms with Crippen LogP contribution in [0.1, 0.15) is 21.6 Å². The highest BCUT2D eigenvalue weighted by Gasteiger charge is 2.40. The summed E-state index contributed by atoms with van der Waals surface area (Å²) in [6.07, 6.45) is 0. The minimum absolute atomic E-state index is 0.160. The van der Waals surface area contributed by atoms with Crippen LogP contribution in [0.5, 0.6) is 0 Å². The number of carboxylic acids is 1. The molecule has 5 aromatic rings. The zero-order chi connectivity index (χ0) is 25.8. The summed E-state index contributed by atoms with van der Waals surface area (Å²) in [5, 5.41) is 33.0. The van der Waals surface area contributed by atoms with Crippen LogP contribution < -0.4 is 0 Å². The van der Waals surface area contributed by atoms with Gasteiger partial charge >= 0.3 is 5.97 Å². The number of aromatic carboxylic acids is 1. The van der Waals surface area contributed by atoms with Crippen LogP contribution in [0.15, 0.2) is 90.4 Å². The predicted octanol–water partition coefficient (Wildman–Crippen LogP) is 5.40. The number of para-hydroxylation sites is 2. The molecule has 6 rings (SSSR count). The molecule has 8 nitrogen and oxygen atoms in total. The Kier molecular flexibility index (Phi) is 4.84. The average molecular weight is 490 g/mol. The van der Waals surface area contributed by atoms with Crippen LogP contribution in [0.25, 0.3) is 44.2 Å². The van der Waals surface area contributed by atoms with Crippen LogP contribution in [-0.4, -0.2) is 42.8 Å². The molecule has 0 aliphatic heterocycles. The minimum Gasteiger partial charge on any atom is -0.504 e. The van der Waals surface area contributed by atoms with Crippen molar-refractivity contribution in [1.82, 2.24) is 9.97 Å². The maximum atomic E-state index is 13.7. The lowest BCUT2D eigenvalue weighted by molar-refractivity contribution is -0.116.